The molecule has 0 aliphatic rings. The summed E-state index contributed by atoms with van der Waals surface area (Å²) >= 11 is 3.56. The number of aryl methyl sites for hydroxylation is 1. The Hall–Kier alpha value is -5.08. The summed E-state index contributed by atoms with van der Waals surface area (Å²) in [4.78, 5) is 24.5. The molecular formula is C44H42O5S2. The summed E-state index contributed by atoms with van der Waals surface area (Å²) in [6.45, 7) is 10.2. The molecule has 4 rings (SSSR count). The lowest BCUT2D eigenvalue weighted by Gasteiger charge is -2.09. The van der Waals surface area contributed by atoms with E-state index in [1.807, 2.05) is 67.6 Å². The monoisotopic (exact) mass is 714 g/mol. The van der Waals surface area contributed by atoms with Gasteiger partial charge in [0.05, 0.1) is 13.2 Å². The topological polar surface area (TPSA) is 61.8 Å². The van der Waals surface area contributed by atoms with Crippen molar-refractivity contribution in [2.45, 2.75) is 49.0 Å². The van der Waals surface area contributed by atoms with Gasteiger partial charge in [0.15, 0.2) is 0 Å². The van der Waals surface area contributed by atoms with E-state index in [0.29, 0.717) is 19.8 Å². The molecule has 0 heterocycles. The predicted octanol–water partition coefficient (Wildman–Crippen LogP) is 9.58. The highest BCUT2D eigenvalue weighted by Crippen LogP contribution is 2.22. The molecule has 0 saturated carbocycles. The zero-order valence-electron chi connectivity index (χ0n) is 29.0. The van der Waals surface area contributed by atoms with Crippen LogP contribution in [0.5, 0.6) is 5.75 Å². The zero-order valence-corrected chi connectivity index (χ0v) is 30.6. The van der Waals surface area contributed by atoms with Crippen LogP contribution in [0.25, 0.3) is 0 Å². The number of thioether (sulfide) groups is 2. The van der Waals surface area contributed by atoms with Gasteiger partial charge in [0, 0.05) is 44.2 Å². The lowest BCUT2D eigenvalue weighted by atomic mass is 10.1. The molecule has 0 aromatic heterocycles. The molecule has 0 aliphatic heterocycles. The van der Waals surface area contributed by atoms with E-state index in [1.165, 1.54) is 21.9 Å². The molecule has 0 spiro atoms. The lowest BCUT2D eigenvalue weighted by molar-refractivity contribution is -0.138. The Morgan fingerprint density at radius 3 is 1.49 bits per heavy atom. The van der Waals surface area contributed by atoms with Crippen molar-refractivity contribution in [3.8, 4) is 29.4 Å². The molecular weight excluding hydrogens is 673 g/mol. The first-order valence-corrected chi connectivity index (χ1v) is 18.8. The molecule has 4 aromatic carbocycles. The second kappa shape index (κ2) is 21.9. The molecule has 51 heavy (non-hydrogen) atoms. The summed E-state index contributed by atoms with van der Waals surface area (Å²) in [7, 11) is 0. The van der Waals surface area contributed by atoms with Crippen molar-refractivity contribution in [1.29, 1.82) is 0 Å². The van der Waals surface area contributed by atoms with Gasteiger partial charge < -0.3 is 14.2 Å². The fourth-order valence-corrected chi connectivity index (χ4v) is 6.37. The van der Waals surface area contributed by atoms with Gasteiger partial charge in [-0.3, -0.25) is 0 Å². The van der Waals surface area contributed by atoms with E-state index >= 15 is 0 Å². The Labute approximate surface area is 310 Å². The maximum atomic E-state index is 11.1. The SMILES string of the molecule is C=CC(=O)OCCCCSc1ccc(C#Cc2ccc(COc3ccc(C#Cc4ccc(SCCCCOC(=O)C=C)cc4)cc3C)cc2)cc1. The van der Waals surface area contributed by atoms with Crippen LogP contribution in [0.15, 0.2) is 126 Å². The highest BCUT2D eigenvalue weighted by atomic mass is 32.2. The number of ether oxygens (including phenoxy) is 3. The van der Waals surface area contributed by atoms with Crippen LogP contribution in [0.2, 0.25) is 0 Å². The highest BCUT2D eigenvalue weighted by molar-refractivity contribution is 7.99. The number of rotatable bonds is 17. The molecule has 260 valence electrons. The van der Waals surface area contributed by atoms with Crippen molar-refractivity contribution in [3.63, 3.8) is 0 Å². The average Bonchev–Trinajstić information content (AvgIpc) is 3.16. The van der Waals surface area contributed by atoms with Crippen LogP contribution in [0.3, 0.4) is 0 Å². The molecule has 0 bridgehead atoms. The van der Waals surface area contributed by atoms with Gasteiger partial charge in [0.2, 0.25) is 0 Å². The minimum atomic E-state index is -0.369. The predicted molar refractivity (Wildman–Crippen MR) is 209 cm³/mol. The minimum Gasteiger partial charge on any atom is -0.489 e. The third-order valence-corrected chi connectivity index (χ3v) is 9.57. The summed E-state index contributed by atoms with van der Waals surface area (Å²) in [5.41, 5.74) is 5.92. The molecule has 0 aliphatic carbocycles. The summed E-state index contributed by atoms with van der Waals surface area (Å²) in [5.74, 6) is 15.0. The molecule has 0 saturated heterocycles. The zero-order chi connectivity index (χ0) is 36.1. The number of hydrogen-bond donors (Lipinski definition) is 0. The van der Waals surface area contributed by atoms with E-state index in [4.69, 9.17) is 14.2 Å². The Bertz CT molecular complexity index is 1870. The minimum absolute atomic E-state index is 0.369. The first-order chi connectivity index (χ1) is 24.9. The summed E-state index contributed by atoms with van der Waals surface area (Å²) in [5, 5.41) is 0. The van der Waals surface area contributed by atoms with Crippen molar-refractivity contribution in [3.05, 3.63) is 150 Å². The highest BCUT2D eigenvalue weighted by Gasteiger charge is 2.03. The van der Waals surface area contributed by atoms with E-state index in [1.54, 1.807) is 23.5 Å². The van der Waals surface area contributed by atoms with Crippen LogP contribution in [-0.4, -0.2) is 36.7 Å². The van der Waals surface area contributed by atoms with E-state index in [0.717, 1.165) is 76.3 Å². The fourth-order valence-electron chi connectivity index (χ4n) is 4.54. The molecule has 0 N–H and O–H groups in total. The normalized spacial score (nSPS) is 10.1. The third-order valence-electron chi connectivity index (χ3n) is 7.37. The number of unbranched alkanes of at least 4 members (excludes halogenated alkanes) is 2. The maximum absolute atomic E-state index is 11.1. The first-order valence-electron chi connectivity index (χ1n) is 16.8. The number of carbonyl (C=O) groups excluding carboxylic acids is 2. The maximum Gasteiger partial charge on any atom is 0.330 e. The number of benzene rings is 4. The van der Waals surface area contributed by atoms with Gasteiger partial charge in [-0.25, -0.2) is 9.59 Å². The van der Waals surface area contributed by atoms with E-state index in [2.05, 4.69) is 67.2 Å². The molecule has 0 unspecified atom stereocenters. The first kappa shape index (κ1) is 38.7. The second-order valence-corrected chi connectivity index (χ2v) is 13.7. The molecule has 0 atom stereocenters. The van der Waals surface area contributed by atoms with E-state index in [9.17, 15) is 9.59 Å². The quantitative estimate of drug-likeness (QED) is 0.0355. The van der Waals surface area contributed by atoms with Crippen LogP contribution in [0.1, 0.15) is 59.1 Å². The number of esters is 2. The lowest BCUT2D eigenvalue weighted by Crippen LogP contribution is -2.01. The van der Waals surface area contributed by atoms with Crippen molar-refractivity contribution < 1.29 is 23.8 Å². The van der Waals surface area contributed by atoms with E-state index < -0.39 is 0 Å². The van der Waals surface area contributed by atoms with Gasteiger partial charge in [-0.2, -0.15) is 0 Å². The van der Waals surface area contributed by atoms with E-state index in [-0.39, 0.29) is 11.9 Å². The smallest absolute Gasteiger partial charge is 0.330 e. The van der Waals surface area contributed by atoms with Crippen molar-refractivity contribution >= 4 is 35.5 Å². The van der Waals surface area contributed by atoms with Crippen molar-refractivity contribution in [2.75, 3.05) is 24.7 Å². The van der Waals surface area contributed by atoms with Crippen LogP contribution < -0.4 is 4.74 Å². The summed E-state index contributed by atoms with van der Waals surface area (Å²) in [6.07, 6.45) is 5.99. The Balaban J connectivity index is 1.17. The molecule has 4 aromatic rings. The van der Waals surface area contributed by atoms with Gasteiger partial charge in [-0.1, -0.05) is 49.0 Å². The van der Waals surface area contributed by atoms with Gasteiger partial charge in [0.25, 0.3) is 0 Å². The van der Waals surface area contributed by atoms with Crippen LogP contribution in [0.4, 0.5) is 0 Å². The van der Waals surface area contributed by atoms with Gasteiger partial charge in [-0.15, -0.1) is 23.5 Å². The van der Waals surface area contributed by atoms with Gasteiger partial charge in [-0.05, 0) is 134 Å². The molecule has 5 nitrogen and oxygen atoms in total. The number of hydrogen-bond acceptors (Lipinski definition) is 7. The van der Waals surface area contributed by atoms with Crippen LogP contribution >= 0.6 is 23.5 Å². The number of carbonyl (C=O) groups is 2. The van der Waals surface area contributed by atoms with Gasteiger partial charge >= 0.3 is 11.9 Å². The average molecular weight is 715 g/mol. The summed E-state index contributed by atoms with van der Waals surface area (Å²) in [6, 6.07) is 30.7. The Kier molecular flexibility index (Phi) is 16.6. The van der Waals surface area contributed by atoms with Crippen LogP contribution in [-0.2, 0) is 25.7 Å². The summed E-state index contributed by atoms with van der Waals surface area (Å²) < 4.78 is 16.1. The largest absolute Gasteiger partial charge is 0.489 e. The van der Waals surface area contributed by atoms with Crippen molar-refractivity contribution in [1.82, 2.24) is 0 Å². The van der Waals surface area contributed by atoms with Crippen molar-refractivity contribution in [2.24, 2.45) is 0 Å². The molecule has 7 heteroatoms. The third kappa shape index (κ3) is 14.7. The Morgan fingerprint density at radius 2 is 1.04 bits per heavy atom. The molecule has 0 radical (unpaired) electrons. The van der Waals surface area contributed by atoms with Crippen LogP contribution in [0, 0.1) is 30.6 Å². The van der Waals surface area contributed by atoms with Gasteiger partial charge in [0.1, 0.15) is 12.4 Å². The standard InChI is InChI=1S/C44H42O5S2/c1-4-43(45)47-28-6-8-30-50-40-23-18-36(19-24-40)11-10-35-13-16-39(17-14-35)33-49-42-27-22-38(32-34(42)3)15-12-37-20-25-41(26-21-37)51-31-9-7-29-48-44(46)5-2/h4-5,13-14,16-27,32H,1-2,6-9,28-31,33H2,3H3. The second-order valence-electron chi connectivity index (χ2n) is 11.4. The Morgan fingerprint density at radius 1 is 0.608 bits per heavy atom. The fraction of sp³-hybridized carbons (Fsp3) is 0.227. The molecule has 0 fully saturated rings. The molecule has 0 amide bonds.